The van der Waals surface area contributed by atoms with E-state index in [4.69, 9.17) is 0 Å². The third-order valence-corrected chi connectivity index (χ3v) is 4.21. The van der Waals surface area contributed by atoms with Crippen LogP contribution in [-0.4, -0.2) is 31.1 Å². The molecule has 3 N–H and O–H groups in total. The Hall–Kier alpha value is -0.0500. The molecule has 84 valence electrons. The molecule has 0 bridgehead atoms. The van der Waals surface area contributed by atoms with Gasteiger partial charge in [-0.15, -0.1) is 11.3 Å². The van der Waals surface area contributed by atoms with Gasteiger partial charge in [0, 0.05) is 4.88 Å². The predicted octanol–water partition coefficient (Wildman–Crippen LogP) is 0.405. The highest BCUT2D eigenvalue weighted by Crippen LogP contribution is 2.37. The molecule has 0 radical (unpaired) electrons. The van der Waals surface area contributed by atoms with Crippen LogP contribution in [0.15, 0.2) is 3.92 Å². The second kappa shape index (κ2) is 4.08. The molecule has 0 fully saturated rings. The van der Waals surface area contributed by atoms with Gasteiger partial charge in [-0.1, -0.05) is 0 Å². The molecule has 1 aliphatic heterocycles. The summed E-state index contributed by atoms with van der Waals surface area (Å²) in [6, 6.07) is 0. The highest BCUT2D eigenvalue weighted by atomic mass is 79.9. The van der Waals surface area contributed by atoms with Crippen LogP contribution >= 0.6 is 27.3 Å². The summed E-state index contributed by atoms with van der Waals surface area (Å²) in [5.41, 5.74) is 4.21. The Morgan fingerprint density at radius 2 is 2.07 bits per heavy atom. The molecule has 5 nitrogen and oxygen atoms in total. The quantitative estimate of drug-likeness (QED) is 0.704. The SMILES string of the molecule is CNN1Cc2sc(Br)nc2C1(NC)NC. The molecule has 1 aromatic rings. The van der Waals surface area contributed by atoms with Crippen molar-refractivity contribution >= 4 is 27.3 Å². The first-order chi connectivity index (χ1) is 7.17. The van der Waals surface area contributed by atoms with E-state index in [1.807, 2.05) is 21.1 Å². The van der Waals surface area contributed by atoms with E-state index in [2.05, 4.69) is 42.0 Å². The van der Waals surface area contributed by atoms with Crippen molar-refractivity contribution in [3.8, 4) is 0 Å². The third-order valence-electron chi connectivity index (χ3n) is 2.71. The molecule has 15 heavy (non-hydrogen) atoms. The molecule has 2 rings (SSSR count). The van der Waals surface area contributed by atoms with E-state index < -0.39 is 5.79 Å². The minimum Gasteiger partial charge on any atom is -0.284 e. The van der Waals surface area contributed by atoms with Crippen LogP contribution < -0.4 is 16.1 Å². The van der Waals surface area contributed by atoms with Crippen LogP contribution in [-0.2, 0) is 12.3 Å². The third kappa shape index (κ3) is 1.54. The van der Waals surface area contributed by atoms with E-state index in [0.717, 1.165) is 16.2 Å². The minimum atomic E-state index is -0.410. The Morgan fingerprint density at radius 3 is 2.60 bits per heavy atom. The van der Waals surface area contributed by atoms with Gasteiger partial charge in [-0.25, -0.2) is 9.99 Å². The first-order valence-electron chi connectivity index (χ1n) is 4.66. The van der Waals surface area contributed by atoms with Crippen molar-refractivity contribution in [1.29, 1.82) is 0 Å². The summed E-state index contributed by atoms with van der Waals surface area (Å²) in [5, 5.41) is 8.64. The van der Waals surface area contributed by atoms with Crippen molar-refractivity contribution in [2.75, 3.05) is 21.1 Å². The highest BCUT2D eigenvalue weighted by Gasteiger charge is 2.45. The molecule has 0 spiro atoms. The molecule has 7 heteroatoms. The average molecular weight is 292 g/mol. The maximum atomic E-state index is 4.51. The fourth-order valence-corrected chi connectivity index (χ4v) is 3.57. The molecule has 0 aliphatic carbocycles. The lowest BCUT2D eigenvalue weighted by Crippen LogP contribution is -2.63. The van der Waals surface area contributed by atoms with Crippen molar-refractivity contribution in [2.24, 2.45) is 0 Å². The van der Waals surface area contributed by atoms with Crippen LogP contribution in [0, 0.1) is 0 Å². The Morgan fingerprint density at radius 1 is 1.40 bits per heavy atom. The zero-order valence-corrected chi connectivity index (χ0v) is 11.3. The maximum absolute atomic E-state index is 4.51. The van der Waals surface area contributed by atoms with E-state index in [0.29, 0.717) is 0 Å². The maximum Gasteiger partial charge on any atom is 0.184 e. The van der Waals surface area contributed by atoms with Crippen LogP contribution in [0.3, 0.4) is 0 Å². The lowest BCUT2D eigenvalue weighted by Gasteiger charge is -2.36. The van der Waals surface area contributed by atoms with Crippen molar-refractivity contribution in [2.45, 2.75) is 12.3 Å². The van der Waals surface area contributed by atoms with Gasteiger partial charge >= 0.3 is 0 Å². The number of nitrogens with zero attached hydrogens (tertiary/aromatic N) is 2. The average Bonchev–Trinajstić information content (AvgIpc) is 2.72. The van der Waals surface area contributed by atoms with Crippen molar-refractivity contribution in [3.05, 3.63) is 14.5 Å². The molecule has 0 unspecified atom stereocenters. The summed E-state index contributed by atoms with van der Waals surface area (Å²) in [6.45, 7) is 0.844. The molecule has 0 amide bonds. The molecule has 1 aromatic heterocycles. The van der Waals surface area contributed by atoms with Crippen LogP contribution in [0.2, 0.25) is 0 Å². The monoisotopic (exact) mass is 291 g/mol. The van der Waals surface area contributed by atoms with Crippen LogP contribution in [0.1, 0.15) is 10.6 Å². The zero-order chi connectivity index (χ0) is 11.1. The largest absolute Gasteiger partial charge is 0.284 e. The Kier molecular flexibility index (Phi) is 3.11. The number of hydrogen-bond acceptors (Lipinski definition) is 6. The Bertz CT molecular complexity index is 362. The molecule has 1 aliphatic rings. The first-order valence-corrected chi connectivity index (χ1v) is 6.27. The number of hydrogen-bond donors (Lipinski definition) is 3. The number of fused-ring (bicyclic) bond motifs is 1. The standard InChI is InChI=1S/C8H14BrN5S/c1-10-8(11-2)6-5(4-14(8)12-3)15-7(9)13-6/h10-12H,4H2,1-3H3. The summed E-state index contributed by atoms with van der Waals surface area (Å²) in [7, 11) is 5.75. The van der Waals surface area contributed by atoms with Gasteiger partial charge in [-0.2, -0.15) is 0 Å². The molecular weight excluding hydrogens is 278 g/mol. The zero-order valence-electron chi connectivity index (χ0n) is 8.89. The minimum absolute atomic E-state index is 0.410. The summed E-state index contributed by atoms with van der Waals surface area (Å²) in [4.78, 5) is 5.78. The number of hydrazine groups is 1. The normalized spacial score (nSPS) is 19.5. The fourth-order valence-electron chi connectivity index (χ4n) is 1.98. The number of halogens is 1. The van der Waals surface area contributed by atoms with Crippen LogP contribution in [0.5, 0.6) is 0 Å². The highest BCUT2D eigenvalue weighted by molar-refractivity contribution is 9.11. The summed E-state index contributed by atoms with van der Waals surface area (Å²) in [5.74, 6) is -0.410. The van der Waals surface area contributed by atoms with Crippen LogP contribution in [0.4, 0.5) is 0 Å². The van der Waals surface area contributed by atoms with Crippen molar-refractivity contribution < 1.29 is 0 Å². The predicted molar refractivity (Wildman–Crippen MR) is 64.2 cm³/mol. The van der Waals surface area contributed by atoms with Crippen molar-refractivity contribution in [3.63, 3.8) is 0 Å². The number of thiazole rings is 1. The van der Waals surface area contributed by atoms with Gasteiger partial charge in [-0.3, -0.25) is 16.1 Å². The smallest absolute Gasteiger partial charge is 0.184 e. The molecule has 0 atom stereocenters. The molecule has 0 aromatic carbocycles. The van der Waals surface area contributed by atoms with E-state index in [9.17, 15) is 0 Å². The topological polar surface area (TPSA) is 52.2 Å². The number of nitrogens with one attached hydrogen (secondary N) is 3. The Labute approximate surface area is 101 Å². The Balaban J connectivity index is 2.48. The van der Waals surface area contributed by atoms with E-state index >= 15 is 0 Å². The molecule has 0 saturated carbocycles. The van der Waals surface area contributed by atoms with E-state index in [1.54, 1.807) is 11.3 Å². The lowest BCUT2D eigenvalue weighted by atomic mass is 10.2. The van der Waals surface area contributed by atoms with E-state index in [1.165, 1.54) is 4.88 Å². The first kappa shape index (κ1) is 11.4. The summed E-state index contributed by atoms with van der Waals surface area (Å²) < 4.78 is 0.929. The van der Waals surface area contributed by atoms with Crippen LogP contribution in [0.25, 0.3) is 0 Å². The molecule has 2 heterocycles. The summed E-state index contributed by atoms with van der Waals surface area (Å²) in [6.07, 6.45) is 0. The number of aromatic nitrogens is 1. The van der Waals surface area contributed by atoms with Gasteiger partial charge in [0.15, 0.2) is 9.70 Å². The molecular formula is C8H14BrN5S. The van der Waals surface area contributed by atoms with Gasteiger partial charge in [0.25, 0.3) is 0 Å². The molecule has 0 saturated heterocycles. The second-order valence-corrected chi connectivity index (χ2v) is 5.62. The van der Waals surface area contributed by atoms with Gasteiger partial charge in [0.05, 0.1) is 6.54 Å². The van der Waals surface area contributed by atoms with E-state index in [-0.39, 0.29) is 0 Å². The number of rotatable bonds is 3. The van der Waals surface area contributed by atoms with Crippen molar-refractivity contribution in [1.82, 2.24) is 26.1 Å². The van der Waals surface area contributed by atoms with Gasteiger partial charge in [0.2, 0.25) is 0 Å². The van der Waals surface area contributed by atoms with Gasteiger partial charge in [-0.05, 0) is 37.1 Å². The second-order valence-electron chi connectivity index (χ2n) is 3.26. The fraction of sp³-hybridized carbons (Fsp3) is 0.625. The van der Waals surface area contributed by atoms with Gasteiger partial charge in [0.1, 0.15) is 5.69 Å². The lowest BCUT2D eigenvalue weighted by molar-refractivity contribution is 0.00373. The van der Waals surface area contributed by atoms with Gasteiger partial charge < -0.3 is 0 Å². The summed E-state index contributed by atoms with van der Waals surface area (Å²) >= 11 is 5.10.